The summed E-state index contributed by atoms with van der Waals surface area (Å²) >= 11 is 1.57. The molecule has 1 aliphatic heterocycles. The van der Waals surface area contributed by atoms with Gasteiger partial charge in [-0.2, -0.15) is 0 Å². The predicted octanol–water partition coefficient (Wildman–Crippen LogP) is 1.84. The summed E-state index contributed by atoms with van der Waals surface area (Å²) in [6.07, 6.45) is 5.03. The molecule has 0 saturated carbocycles. The molecule has 2 aromatic heterocycles. The second kappa shape index (κ2) is 5.17. The van der Waals surface area contributed by atoms with E-state index in [0.29, 0.717) is 0 Å². The van der Waals surface area contributed by atoms with E-state index in [1.807, 2.05) is 25.3 Å². The lowest BCUT2D eigenvalue weighted by molar-refractivity contribution is -0.133. The minimum Gasteiger partial charge on any atom is -0.369 e. The first kappa shape index (κ1) is 14.6. The van der Waals surface area contributed by atoms with Crippen molar-refractivity contribution in [3.8, 4) is 11.1 Å². The molecule has 0 unspecified atom stereocenters. The maximum Gasteiger partial charge on any atom is 0.234 e. The summed E-state index contributed by atoms with van der Waals surface area (Å²) in [6, 6.07) is 2.04. The fourth-order valence-corrected chi connectivity index (χ4v) is 3.64. The third-order valence-electron chi connectivity index (χ3n) is 4.23. The van der Waals surface area contributed by atoms with Crippen molar-refractivity contribution >= 4 is 23.2 Å². The Bertz CT molecular complexity index is 741. The summed E-state index contributed by atoms with van der Waals surface area (Å²) < 4.78 is 0. The van der Waals surface area contributed by atoms with Crippen LogP contribution in [0.5, 0.6) is 0 Å². The van der Waals surface area contributed by atoms with Crippen LogP contribution in [0.25, 0.3) is 11.1 Å². The van der Waals surface area contributed by atoms with Crippen LogP contribution in [0.4, 0.5) is 0 Å². The molecular formula is C15H17N5OS. The van der Waals surface area contributed by atoms with Crippen LogP contribution in [0, 0.1) is 5.92 Å². The Morgan fingerprint density at radius 2 is 2.00 bits per heavy atom. The highest BCUT2D eigenvalue weighted by molar-refractivity contribution is 7.10. The molecule has 0 bridgehead atoms. The molecular weight excluding hydrogens is 298 g/mol. The van der Waals surface area contributed by atoms with E-state index in [0.717, 1.165) is 16.0 Å². The third-order valence-corrected chi connectivity index (χ3v) is 5.38. The van der Waals surface area contributed by atoms with Gasteiger partial charge in [0.05, 0.1) is 5.92 Å². The maximum atomic E-state index is 12.4. The number of guanidine groups is 1. The molecule has 3 heterocycles. The molecule has 0 spiro atoms. The number of rotatable bonds is 2. The van der Waals surface area contributed by atoms with Crippen molar-refractivity contribution in [3.63, 3.8) is 0 Å². The molecule has 2 aromatic rings. The Kier molecular flexibility index (Phi) is 3.44. The Morgan fingerprint density at radius 1 is 1.32 bits per heavy atom. The molecule has 0 aliphatic carbocycles. The molecule has 2 atom stereocenters. The molecule has 3 rings (SSSR count). The number of nitrogens with two attached hydrogens (primary N) is 1. The van der Waals surface area contributed by atoms with Crippen molar-refractivity contribution in [3.05, 3.63) is 35.0 Å². The van der Waals surface area contributed by atoms with Crippen LogP contribution >= 0.6 is 11.3 Å². The van der Waals surface area contributed by atoms with Crippen LogP contribution in [0.3, 0.4) is 0 Å². The number of aliphatic imine (C=N–C) groups is 1. The van der Waals surface area contributed by atoms with E-state index in [1.165, 1.54) is 11.2 Å². The molecule has 0 fully saturated rings. The zero-order chi connectivity index (χ0) is 15.9. The van der Waals surface area contributed by atoms with Crippen LogP contribution < -0.4 is 5.73 Å². The summed E-state index contributed by atoms with van der Waals surface area (Å²) in [5, 5.41) is 2.03. The zero-order valence-electron chi connectivity index (χ0n) is 12.6. The van der Waals surface area contributed by atoms with Crippen LogP contribution in [-0.2, 0) is 10.3 Å². The van der Waals surface area contributed by atoms with Crippen molar-refractivity contribution in [1.29, 1.82) is 0 Å². The molecule has 2 N–H and O–H groups in total. The van der Waals surface area contributed by atoms with E-state index < -0.39 is 5.54 Å². The van der Waals surface area contributed by atoms with Crippen molar-refractivity contribution in [1.82, 2.24) is 14.9 Å². The number of carbonyl (C=O) groups excluding carboxylic acids is 1. The second-order valence-electron chi connectivity index (χ2n) is 5.56. The number of hydrogen-bond acceptors (Lipinski definition) is 6. The van der Waals surface area contributed by atoms with Gasteiger partial charge in [-0.1, -0.05) is 6.92 Å². The summed E-state index contributed by atoms with van der Waals surface area (Å²) in [5.41, 5.74) is 7.22. The smallest absolute Gasteiger partial charge is 0.234 e. The fourth-order valence-electron chi connectivity index (χ4n) is 2.52. The number of thiophene rings is 1. The molecule has 0 radical (unpaired) electrons. The first-order valence-corrected chi connectivity index (χ1v) is 7.78. The molecule has 114 valence electrons. The van der Waals surface area contributed by atoms with Gasteiger partial charge in [-0.25, -0.2) is 15.0 Å². The highest BCUT2D eigenvalue weighted by Gasteiger charge is 2.44. The van der Waals surface area contributed by atoms with Gasteiger partial charge in [0, 0.05) is 29.9 Å². The molecule has 0 aromatic carbocycles. The van der Waals surface area contributed by atoms with Crippen molar-refractivity contribution in [2.24, 2.45) is 16.6 Å². The van der Waals surface area contributed by atoms with Crippen molar-refractivity contribution in [2.75, 3.05) is 7.05 Å². The van der Waals surface area contributed by atoms with E-state index in [-0.39, 0.29) is 17.8 Å². The Balaban J connectivity index is 2.04. The van der Waals surface area contributed by atoms with Crippen molar-refractivity contribution < 1.29 is 4.79 Å². The van der Waals surface area contributed by atoms with E-state index >= 15 is 0 Å². The number of nitrogens with zero attached hydrogens (tertiary/aromatic N) is 4. The topological polar surface area (TPSA) is 84.5 Å². The van der Waals surface area contributed by atoms with Gasteiger partial charge in [0.25, 0.3) is 0 Å². The van der Waals surface area contributed by atoms with Crippen LogP contribution in [-0.4, -0.2) is 33.8 Å². The minimum atomic E-state index is -0.647. The largest absolute Gasteiger partial charge is 0.369 e. The van der Waals surface area contributed by atoms with Gasteiger partial charge in [0.1, 0.15) is 11.9 Å². The van der Waals surface area contributed by atoms with Gasteiger partial charge in [-0.3, -0.25) is 9.69 Å². The molecule has 1 aliphatic rings. The Labute approximate surface area is 132 Å². The molecule has 7 heteroatoms. The fraction of sp³-hybridized carbons (Fsp3) is 0.333. The summed E-state index contributed by atoms with van der Waals surface area (Å²) in [5.74, 6) is -0.0417. The van der Waals surface area contributed by atoms with Crippen LogP contribution in [0.1, 0.15) is 18.7 Å². The van der Waals surface area contributed by atoms with Gasteiger partial charge in [-0.15, -0.1) is 11.3 Å². The van der Waals surface area contributed by atoms with Gasteiger partial charge >= 0.3 is 0 Å². The minimum absolute atomic E-state index is 0.0204. The quantitative estimate of drug-likeness (QED) is 0.916. The Hall–Kier alpha value is -2.28. The molecule has 22 heavy (non-hydrogen) atoms. The maximum absolute atomic E-state index is 12.4. The van der Waals surface area contributed by atoms with Crippen molar-refractivity contribution in [2.45, 2.75) is 19.4 Å². The van der Waals surface area contributed by atoms with Gasteiger partial charge in [0.2, 0.25) is 5.91 Å². The predicted molar refractivity (Wildman–Crippen MR) is 86.3 cm³/mol. The number of amides is 1. The van der Waals surface area contributed by atoms with E-state index in [4.69, 9.17) is 5.73 Å². The first-order chi connectivity index (χ1) is 10.4. The number of hydrogen-bond donors (Lipinski definition) is 1. The number of carbonyl (C=O) groups is 1. The monoisotopic (exact) mass is 315 g/mol. The highest BCUT2D eigenvalue weighted by Crippen LogP contribution is 2.41. The normalized spacial score (nSPS) is 25.2. The van der Waals surface area contributed by atoms with Gasteiger partial charge in [0.15, 0.2) is 5.96 Å². The van der Waals surface area contributed by atoms with Gasteiger partial charge in [-0.05, 0) is 23.9 Å². The zero-order valence-corrected chi connectivity index (χ0v) is 13.5. The summed E-state index contributed by atoms with van der Waals surface area (Å²) in [7, 11) is 1.65. The highest BCUT2D eigenvalue weighted by atomic mass is 32.1. The lowest BCUT2D eigenvalue weighted by atomic mass is 9.83. The molecule has 1 amide bonds. The van der Waals surface area contributed by atoms with Crippen LogP contribution in [0.15, 0.2) is 35.2 Å². The van der Waals surface area contributed by atoms with E-state index in [9.17, 15) is 4.79 Å². The average Bonchev–Trinajstić information content (AvgIpc) is 3.02. The molecule has 0 saturated heterocycles. The average molecular weight is 315 g/mol. The van der Waals surface area contributed by atoms with Crippen LogP contribution in [0.2, 0.25) is 0 Å². The van der Waals surface area contributed by atoms with E-state index in [1.54, 1.807) is 30.8 Å². The SMILES string of the molecule is C[C@@H]1C(=O)N(C)C(N)=N[C@]1(C)c1cc(-c2cncnc2)cs1. The summed E-state index contributed by atoms with van der Waals surface area (Å²) in [6.45, 7) is 3.84. The summed E-state index contributed by atoms with van der Waals surface area (Å²) in [4.78, 5) is 27.4. The number of aromatic nitrogens is 2. The third kappa shape index (κ3) is 2.18. The standard InChI is InChI=1S/C15H17N5OS/c1-9-13(21)20(3)14(16)19-15(9,2)12-4-10(7-22-12)11-5-17-8-18-6-11/h4-9H,1-3H3,(H2,16,19)/t9-,15+/m1/s1. The van der Waals surface area contributed by atoms with Gasteiger partial charge < -0.3 is 5.73 Å². The Morgan fingerprint density at radius 3 is 2.68 bits per heavy atom. The second-order valence-corrected chi connectivity index (χ2v) is 6.47. The van der Waals surface area contributed by atoms with E-state index in [2.05, 4.69) is 15.0 Å². The molecule has 6 nitrogen and oxygen atoms in total. The lowest BCUT2D eigenvalue weighted by Gasteiger charge is -2.37. The lowest BCUT2D eigenvalue weighted by Crippen LogP contribution is -2.52. The first-order valence-electron chi connectivity index (χ1n) is 6.91.